The summed E-state index contributed by atoms with van der Waals surface area (Å²) < 4.78 is 0. The zero-order valence-corrected chi connectivity index (χ0v) is 8.39. The first-order valence-corrected chi connectivity index (χ1v) is 5.08. The van der Waals surface area contributed by atoms with Crippen LogP contribution in [0.4, 0.5) is 0 Å². The van der Waals surface area contributed by atoms with Crippen molar-refractivity contribution in [2.45, 2.75) is 33.1 Å². The van der Waals surface area contributed by atoms with Crippen LogP contribution in [-0.4, -0.2) is 12.3 Å². The Morgan fingerprint density at radius 3 is 3.08 bits per heavy atom. The monoisotopic (exact) mass is 179 g/mol. The summed E-state index contributed by atoms with van der Waals surface area (Å²) in [6, 6.07) is 0. The molecule has 1 atom stereocenters. The lowest BCUT2D eigenvalue weighted by Crippen LogP contribution is -2.38. The lowest BCUT2D eigenvalue weighted by molar-refractivity contribution is -0.124. The van der Waals surface area contributed by atoms with Crippen LogP contribution >= 0.6 is 0 Å². The van der Waals surface area contributed by atoms with Crippen molar-refractivity contribution < 1.29 is 4.79 Å². The number of allylic oxidation sites excluding steroid dienone is 2. The summed E-state index contributed by atoms with van der Waals surface area (Å²) in [5.74, 6) is 0.622. The van der Waals surface area contributed by atoms with E-state index in [0.717, 1.165) is 19.4 Å². The van der Waals surface area contributed by atoms with Gasteiger partial charge in [0.25, 0.3) is 0 Å². The third-order valence-electron chi connectivity index (χ3n) is 2.94. The van der Waals surface area contributed by atoms with Crippen LogP contribution in [0.5, 0.6) is 0 Å². The molecule has 0 radical (unpaired) electrons. The Labute approximate surface area is 79.4 Å². The third kappa shape index (κ3) is 1.62. The first-order chi connectivity index (χ1) is 6.08. The van der Waals surface area contributed by atoms with Gasteiger partial charge in [-0.1, -0.05) is 19.9 Å². The van der Waals surface area contributed by atoms with Crippen molar-refractivity contribution in [2.24, 2.45) is 11.3 Å². The smallest absolute Gasteiger partial charge is 0.142 e. The Balaban J connectivity index is 2.29. The van der Waals surface area contributed by atoms with Crippen molar-refractivity contribution in [2.75, 3.05) is 6.54 Å². The summed E-state index contributed by atoms with van der Waals surface area (Å²) in [4.78, 5) is 11.8. The average molecular weight is 179 g/mol. The van der Waals surface area contributed by atoms with Gasteiger partial charge in [0, 0.05) is 18.7 Å². The second-order valence-electron chi connectivity index (χ2n) is 4.85. The Hall–Kier alpha value is -0.790. The Morgan fingerprint density at radius 1 is 1.54 bits per heavy atom. The molecule has 0 aromatic rings. The van der Waals surface area contributed by atoms with E-state index >= 15 is 0 Å². The summed E-state index contributed by atoms with van der Waals surface area (Å²) in [7, 11) is 0. The molecule has 72 valence electrons. The summed E-state index contributed by atoms with van der Waals surface area (Å²) in [6.45, 7) is 5.29. The van der Waals surface area contributed by atoms with E-state index < -0.39 is 0 Å². The summed E-state index contributed by atoms with van der Waals surface area (Å²) in [6.07, 6.45) is 5.14. The number of hydrogen-bond donors (Lipinski definition) is 1. The van der Waals surface area contributed by atoms with E-state index in [1.807, 2.05) is 0 Å². The molecule has 1 fully saturated rings. The molecule has 2 rings (SSSR count). The highest BCUT2D eigenvalue weighted by Gasteiger charge is 2.35. The van der Waals surface area contributed by atoms with E-state index in [1.54, 1.807) is 0 Å². The van der Waals surface area contributed by atoms with Gasteiger partial charge in [-0.2, -0.15) is 0 Å². The molecule has 0 saturated carbocycles. The number of Topliss-reactive ketones (excluding diaryl/α,β-unsaturated/α-hetero) is 1. The molecule has 0 bridgehead atoms. The highest BCUT2D eigenvalue weighted by atomic mass is 16.1. The van der Waals surface area contributed by atoms with Gasteiger partial charge < -0.3 is 5.32 Å². The molecule has 1 saturated heterocycles. The number of fused-ring (bicyclic) bond motifs is 1. The van der Waals surface area contributed by atoms with Crippen LogP contribution in [-0.2, 0) is 4.79 Å². The van der Waals surface area contributed by atoms with Crippen molar-refractivity contribution >= 4 is 5.78 Å². The molecule has 0 amide bonds. The minimum Gasteiger partial charge on any atom is -0.388 e. The zero-order valence-electron chi connectivity index (χ0n) is 8.39. The van der Waals surface area contributed by atoms with Crippen LogP contribution in [0.3, 0.4) is 0 Å². The molecule has 1 aliphatic heterocycles. The van der Waals surface area contributed by atoms with Gasteiger partial charge in [-0.25, -0.2) is 0 Å². The number of carbonyl (C=O) groups excluding carboxylic acids is 1. The first kappa shape index (κ1) is 8.79. The predicted octanol–water partition coefficient (Wildman–Crippen LogP) is 1.87. The molecular formula is C11H17NO. The Kier molecular flexibility index (Phi) is 1.94. The molecule has 13 heavy (non-hydrogen) atoms. The maximum absolute atomic E-state index is 11.8. The van der Waals surface area contributed by atoms with Gasteiger partial charge in [0.1, 0.15) is 5.78 Å². The van der Waals surface area contributed by atoms with Crippen molar-refractivity contribution in [1.29, 1.82) is 0 Å². The molecule has 1 heterocycles. The fourth-order valence-corrected chi connectivity index (χ4v) is 2.35. The van der Waals surface area contributed by atoms with Gasteiger partial charge in [0.15, 0.2) is 0 Å². The fourth-order valence-electron chi connectivity index (χ4n) is 2.35. The standard InChI is InChI=1S/C11H17NO/c1-11(2)6-9-8(10(13)7-11)4-3-5-12-9/h6,8,12H,3-5,7H2,1-2H3. The van der Waals surface area contributed by atoms with E-state index in [9.17, 15) is 4.79 Å². The number of carbonyl (C=O) groups is 1. The van der Waals surface area contributed by atoms with Gasteiger partial charge in [-0.15, -0.1) is 0 Å². The van der Waals surface area contributed by atoms with E-state index in [1.165, 1.54) is 5.70 Å². The molecule has 0 spiro atoms. The SMILES string of the molecule is CC1(C)C=C2NCCCC2C(=O)C1. The minimum absolute atomic E-state index is 0.0628. The van der Waals surface area contributed by atoms with E-state index in [-0.39, 0.29) is 11.3 Å². The van der Waals surface area contributed by atoms with Gasteiger partial charge in [0.05, 0.1) is 5.92 Å². The number of piperidine rings is 1. The second-order valence-corrected chi connectivity index (χ2v) is 4.85. The first-order valence-electron chi connectivity index (χ1n) is 5.08. The summed E-state index contributed by atoms with van der Waals surface area (Å²) in [5, 5.41) is 3.35. The molecule has 2 aliphatic rings. The molecule has 1 aliphatic carbocycles. The average Bonchev–Trinajstić information content (AvgIpc) is 2.02. The molecular weight excluding hydrogens is 162 g/mol. The second kappa shape index (κ2) is 2.86. The lowest BCUT2D eigenvalue weighted by atomic mass is 9.74. The molecule has 1 unspecified atom stereocenters. The van der Waals surface area contributed by atoms with Crippen LogP contribution < -0.4 is 5.32 Å². The quantitative estimate of drug-likeness (QED) is 0.615. The van der Waals surface area contributed by atoms with Gasteiger partial charge in [-0.3, -0.25) is 4.79 Å². The van der Waals surface area contributed by atoms with Crippen molar-refractivity contribution in [3.8, 4) is 0 Å². The zero-order chi connectivity index (χ0) is 9.47. The van der Waals surface area contributed by atoms with Crippen LogP contribution in [0.2, 0.25) is 0 Å². The molecule has 0 aromatic heterocycles. The van der Waals surface area contributed by atoms with Crippen molar-refractivity contribution in [1.82, 2.24) is 5.32 Å². The van der Waals surface area contributed by atoms with E-state index in [0.29, 0.717) is 12.2 Å². The highest BCUT2D eigenvalue weighted by molar-refractivity contribution is 5.86. The summed E-state index contributed by atoms with van der Waals surface area (Å²) in [5.41, 5.74) is 1.25. The largest absolute Gasteiger partial charge is 0.388 e. The Bertz CT molecular complexity index is 265. The van der Waals surface area contributed by atoms with Crippen LogP contribution in [0, 0.1) is 11.3 Å². The number of nitrogens with one attached hydrogen (secondary N) is 1. The van der Waals surface area contributed by atoms with Crippen LogP contribution in [0.25, 0.3) is 0 Å². The van der Waals surface area contributed by atoms with Crippen LogP contribution in [0.1, 0.15) is 33.1 Å². The number of rotatable bonds is 0. The molecule has 2 nitrogen and oxygen atoms in total. The van der Waals surface area contributed by atoms with Gasteiger partial charge in [0.2, 0.25) is 0 Å². The minimum atomic E-state index is 0.0628. The highest BCUT2D eigenvalue weighted by Crippen LogP contribution is 2.36. The maximum atomic E-state index is 11.8. The summed E-state index contributed by atoms with van der Waals surface area (Å²) >= 11 is 0. The molecule has 0 aromatic carbocycles. The van der Waals surface area contributed by atoms with Crippen molar-refractivity contribution in [3.63, 3.8) is 0 Å². The molecule has 1 N–H and O–H groups in total. The normalized spacial score (nSPS) is 31.7. The van der Waals surface area contributed by atoms with Gasteiger partial charge >= 0.3 is 0 Å². The lowest BCUT2D eigenvalue weighted by Gasteiger charge is -2.35. The van der Waals surface area contributed by atoms with Crippen LogP contribution in [0.15, 0.2) is 11.8 Å². The Morgan fingerprint density at radius 2 is 2.31 bits per heavy atom. The van der Waals surface area contributed by atoms with E-state index in [4.69, 9.17) is 0 Å². The number of ketones is 1. The van der Waals surface area contributed by atoms with Crippen molar-refractivity contribution in [3.05, 3.63) is 11.8 Å². The number of hydrogen-bond acceptors (Lipinski definition) is 2. The molecule has 2 heteroatoms. The maximum Gasteiger partial charge on any atom is 0.142 e. The van der Waals surface area contributed by atoms with E-state index in [2.05, 4.69) is 25.2 Å². The van der Waals surface area contributed by atoms with Gasteiger partial charge in [-0.05, 0) is 18.3 Å². The fraction of sp³-hybridized carbons (Fsp3) is 0.727. The topological polar surface area (TPSA) is 29.1 Å². The third-order valence-corrected chi connectivity index (χ3v) is 2.94. The predicted molar refractivity (Wildman–Crippen MR) is 52.2 cm³/mol.